The van der Waals surface area contributed by atoms with Gasteiger partial charge in [0.1, 0.15) is 0 Å². The molecule has 0 saturated heterocycles. The topological polar surface area (TPSA) is 24.9 Å². The van der Waals surface area contributed by atoms with Crippen molar-refractivity contribution in [3.63, 3.8) is 0 Å². The second-order valence-electron chi connectivity index (χ2n) is 4.92. The summed E-state index contributed by atoms with van der Waals surface area (Å²) >= 11 is 1.96. The fourth-order valence-corrected chi connectivity index (χ4v) is 3.68. The van der Waals surface area contributed by atoms with E-state index in [1.165, 1.54) is 60.5 Å². The molecule has 0 aromatic carbocycles. The number of nitrogens with zero attached hydrogens (tertiary/aromatic N) is 1. The van der Waals surface area contributed by atoms with Gasteiger partial charge in [0, 0.05) is 10.9 Å². The summed E-state index contributed by atoms with van der Waals surface area (Å²) in [6, 6.07) is 0.589. The molecule has 1 unspecified atom stereocenters. The highest BCUT2D eigenvalue weighted by atomic mass is 32.1. The van der Waals surface area contributed by atoms with Crippen LogP contribution in [0.5, 0.6) is 0 Å². The molecule has 2 rings (SSSR count). The van der Waals surface area contributed by atoms with Crippen molar-refractivity contribution in [2.75, 3.05) is 6.54 Å². The maximum atomic E-state index is 4.83. The van der Waals surface area contributed by atoms with Crippen LogP contribution in [-0.2, 0) is 12.8 Å². The summed E-state index contributed by atoms with van der Waals surface area (Å²) < 4.78 is 0. The molecule has 0 fully saturated rings. The molecule has 0 amide bonds. The molecule has 96 valence electrons. The van der Waals surface area contributed by atoms with E-state index in [1.807, 2.05) is 11.3 Å². The summed E-state index contributed by atoms with van der Waals surface area (Å²) in [6.45, 7) is 5.61. The van der Waals surface area contributed by atoms with E-state index >= 15 is 0 Å². The van der Waals surface area contributed by atoms with Crippen LogP contribution in [0.15, 0.2) is 0 Å². The van der Waals surface area contributed by atoms with Crippen LogP contribution >= 0.6 is 11.3 Å². The Morgan fingerprint density at radius 1 is 1.35 bits per heavy atom. The molecular weight excluding hydrogens is 228 g/mol. The third-order valence-corrected chi connectivity index (χ3v) is 4.65. The number of hydrogen-bond acceptors (Lipinski definition) is 3. The van der Waals surface area contributed by atoms with Gasteiger partial charge in [0.25, 0.3) is 0 Å². The number of rotatable bonds is 6. The van der Waals surface area contributed by atoms with E-state index in [1.54, 1.807) is 0 Å². The molecule has 0 radical (unpaired) electrons. The Kier molecular flexibility index (Phi) is 4.99. The van der Waals surface area contributed by atoms with E-state index in [0.29, 0.717) is 6.04 Å². The smallest absolute Gasteiger partial charge is 0.0931 e. The summed E-state index contributed by atoms with van der Waals surface area (Å²) in [7, 11) is 0. The normalized spacial score (nSPS) is 19.3. The first kappa shape index (κ1) is 13.0. The van der Waals surface area contributed by atoms with Crippen molar-refractivity contribution >= 4 is 11.3 Å². The lowest BCUT2D eigenvalue weighted by molar-refractivity contribution is 0.464. The van der Waals surface area contributed by atoms with Crippen molar-refractivity contribution in [3.8, 4) is 0 Å². The molecule has 0 bridgehead atoms. The first-order valence-corrected chi connectivity index (χ1v) is 7.88. The van der Waals surface area contributed by atoms with Gasteiger partial charge in [0.15, 0.2) is 0 Å². The monoisotopic (exact) mass is 252 g/mol. The molecule has 17 heavy (non-hydrogen) atoms. The highest BCUT2D eigenvalue weighted by Crippen LogP contribution is 2.34. The van der Waals surface area contributed by atoms with E-state index in [-0.39, 0.29) is 0 Å². The van der Waals surface area contributed by atoms with Gasteiger partial charge in [0.05, 0.1) is 10.7 Å². The van der Waals surface area contributed by atoms with E-state index in [0.717, 1.165) is 6.54 Å². The lowest BCUT2D eigenvalue weighted by Crippen LogP contribution is -2.24. The Hall–Kier alpha value is -0.410. The van der Waals surface area contributed by atoms with Gasteiger partial charge in [-0.3, -0.25) is 0 Å². The van der Waals surface area contributed by atoms with Crippen molar-refractivity contribution in [2.24, 2.45) is 0 Å². The zero-order chi connectivity index (χ0) is 12.1. The summed E-state index contributed by atoms with van der Waals surface area (Å²) in [5, 5.41) is 5.03. The maximum Gasteiger partial charge on any atom is 0.0931 e. The number of hydrogen-bond donors (Lipinski definition) is 1. The van der Waals surface area contributed by atoms with Crippen molar-refractivity contribution in [1.29, 1.82) is 0 Å². The van der Waals surface area contributed by atoms with Crippen LogP contribution in [0.2, 0.25) is 0 Å². The Morgan fingerprint density at radius 3 is 3.00 bits per heavy atom. The molecule has 1 atom stereocenters. The zero-order valence-corrected chi connectivity index (χ0v) is 11.9. The lowest BCUT2D eigenvalue weighted by atomic mass is 9.98. The Bertz CT molecular complexity index is 346. The van der Waals surface area contributed by atoms with Gasteiger partial charge in [-0.2, -0.15) is 0 Å². The zero-order valence-electron chi connectivity index (χ0n) is 11.1. The molecular formula is C14H24N2S. The molecule has 1 aliphatic carbocycles. The minimum atomic E-state index is 0.589. The van der Waals surface area contributed by atoms with E-state index < -0.39 is 0 Å². The first-order valence-electron chi connectivity index (χ1n) is 7.07. The van der Waals surface area contributed by atoms with Gasteiger partial charge in [-0.1, -0.05) is 20.3 Å². The molecule has 0 spiro atoms. The largest absolute Gasteiger partial charge is 0.309 e. The molecule has 1 aromatic heterocycles. The third kappa shape index (κ3) is 3.29. The van der Waals surface area contributed by atoms with Crippen molar-refractivity contribution < 1.29 is 0 Å². The van der Waals surface area contributed by atoms with Crippen molar-refractivity contribution in [2.45, 2.75) is 64.8 Å². The molecule has 0 aliphatic heterocycles. The van der Waals surface area contributed by atoms with Gasteiger partial charge in [0.2, 0.25) is 0 Å². The second-order valence-corrected chi connectivity index (χ2v) is 6.04. The van der Waals surface area contributed by atoms with Crippen LogP contribution < -0.4 is 5.32 Å². The summed E-state index contributed by atoms with van der Waals surface area (Å²) in [4.78, 5) is 6.36. The second kappa shape index (κ2) is 6.50. The van der Waals surface area contributed by atoms with Crippen LogP contribution in [0.3, 0.4) is 0 Å². The van der Waals surface area contributed by atoms with Crippen molar-refractivity contribution in [3.05, 3.63) is 15.6 Å². The first-order chi connectivity index (χ1) is 8.35. The highest BCUT2D eigenvalue weighted by molar-refractivity contribution is 7.11. The number of nitrogens with one attached hydrogen (secondary N) is 1. The Balaban J connectivity index is 2.05. The number of thiazole rings is 1. The molecule has 1 heterocycles. The molecule has 1 aromatic rings. The predicted octanol–water partition coefficient (Wildman–Crippen LogP) is 3.86. The van der Waals surface area contributed by atoms with E-state index in [9.17, 15) is 0 Å². The van der Waals surface area contributed by atoms with Gasteiger partial charge >= 0.3 is 0 Å². The average molecular weight is 252 g/mol. The number of fused-ring (bicyclic) bond motifs is 1. The number of unbranched alkanes of at least 4 members (excludes halogenated alkanes) is 1. The summed E-state index contributed by atoms with van der Waals surface area (Å²) in [5.74, 6) is 0. The Morgan fingerprint density at radius 2 is 2.24 bits per heavy atom. The van der Waals surface area contributed by atoms with E-state index in [4.69, 9.17) is 4.98 Å². The minimum Gasteiger partial charge on any atom is -0.309 e. The standard InChI is InChI=1S/C14H24N2S/c1-3-5-9-13-16-12-8-6-7-11(14(12)17-13)15-10-4-2/h11,15H,3-10H2,1-2H3. The Labute approximate surface area is 109 Å². The molecule has 1 N–H and O–H groups in total. The molecule has 1 aliphatic rings. The van der Waals surface area contributed by atoms with Gasteiger partial charge < -0.3 is 5.32 Å². The highest BCUT2D eigenvalue weighted by Gasteiger charge is 2.23. The molecule has 3 heteroatoms. The van der Waals surface area contributed by atoms with Gasteiger partial charge in [-0.05, 0) is 45.1 Å². The number of aromatic nitrogens is 1. The van der Waals surface area contributed by atoms with Crippen LogP contribution in [0.25, 0.3) is 0 Å². The fraction of sp³-hybridized carbons (Fsp3) is 0.786. The molecule has 2 nitrogen and oxygen atoms in total. The molecule has 0 saturated carbocycles. The van der Waals surface area contributed by atoms with Crippen molar-refractivity contribution in [1.82, 2.24) is 10.3 Å². The van der Waals surface area contributed by atoms with Crippen LogP contribution in [-0.4, -0.2) is 11.5 Å². The van der Waals surface area contributed by atoms with E-state index in [2.05, 4.69) is 19.2 Å². The summed E-state index contributed by atoms with van der Waals surface area (Å²) in [5.41, 5.74) is 1.39. The third-order valence-electron chi connectivity index (χ3n) is 3.38. The quantitative estimate of drug-likeness (QED) is 0.831. The fourth-order valence-electron chi connectivity index (χ4n) is 2.42. The average Bonchev–Trinajstić information content (AvgIpc) is 2.77. The van der Waals surface area contributed by atoms with Crippen LogP contribution in [0, 0.1) is 0 Å². The lowest BCUT2D eigenvalue weighted by Gasteiger charge is -2.22. The van der Waals surface area contributed by atoms with Crippen LogP contribution in [0.4, 0.5) is 0 Å². The summed E-state index contributed by atoms with van der Waals surface area (Å²) in [6.07, 6.45) is 8.72. The number of aryl methyl sites for hydroxylation is 2. The van der Waals surface area contributed by atoms with Crippen LogP contribution in [0.1, 0.15) is 67.6 Å². The SMILES string of the molecule is CCCCc1nc2c(s1)C(NCCC)CCC2. The van der Waals surface area contributed by atoms with Gasteiger partial charge in [-0.15, -0.1) is 11.3 Å². The maximum absolute atomic E-state index is 4.83. The minimum absolute atomic E-state index is 0.589. The predicted molar refractivity (Wildman–Crippen MR) is 74.7 cm³/mol. The van der Waals surface area contributed by atoms with Gasteiger partial charge in [-0.25, -0.2) is 4.98 Å².